The maximum absolute atomic E-state index is 4.00. The van der Waals surface area contributed by atoms with E-state index in [-0.39, 0.29) is 5.41 Å². The second-order valence-corrected chi connectivity index (χ2v) is 6.53. The quantitative estimate of drug-likeness (QED) is 0.544. The van der Waals surface area contributed by atoms with Gasteiger partial charge >= 0.3 is 0 Å². The van der Waals surface area contributed by atoms with Gasteiger partial charge in [0.25, 0.3) is 0 Å². The van der Waals surface area contributed by atoms with Crippen LogP contribution in [0.4, 0.5) is 0 Å². The summed E-state index contributed by atoms with van der Waals surface area (Å²) in [6.07, 6.45) is 5.55. The molecule has 0 spiro atoms. The van der Waals surface area contributed by atoms with Crippen molar-refractivity contribution in [1.29, 1.82) is 0 Å². The smallest absolute Gasteiger partial charge is 0.0151 e. The van der Waals surface area contributed by atoms with Crippen LogP contribution in [-0.2, 0) is 6.42 Å². The van der Waals surface area contributed by atoms with Crippen LogP contribution < -0.4 is 0 Å². The topological polar surface area (TPSA) is 0 Å². The van der Waals surface area contributed by atoms with Gasteiger partial charge in [0.15, 0.2) is 0 Å². The van der Waals surface area contributed by atoms with Gasteiger partial charge in [-0.1, -0.05) is 80.6 Å². The van der Waals surface area contributed by atoms with Gasteiger partial charge in [0.1, 0.15) is 0 Å². The van der Waals surface area contributed by atoms with Gasteiger partial charge in [-0.2, -0.15) is 0 Å². The summed E-state index contributed by atoms with van der Waals surface area (Å²) in [6, 6.07) is 21.7. The molecule has 0 aromatic heterocycles. The molecule has 2 aromatic rings. The molecule has 0 fully saturated rings. The highest BCUT2D eigenvalue weighted by atomic mass is 14.3. The number of hydrogen-bond donors (Lipinski definition) is 0. The SMILES string of the molecule is C=CC(C)(C)CC(CCc1ccccc1)c1ccccc1. The second-order valence-electron chi connectivity index (χ2n) is 6.53. The van der Waals surface area contributed by atoms with Crippen molar-refractivity contribution in [1.82, 2.24) is 0 Å². The number of rotatable bonds is 7. The van der Waals surface area contributed by atoms with E-state index in [9.17, 15) is 0 Å². The van der Waals surface area contributed by atoms with Crippen molar-refractivity contribution in [2.24, 2.45) is 5.41 Å². The molecule has 0 bridgehead atoms. The molecule has 0 N–H and O–H groups in total. The molecule has 0 heteroatoms. The molecule has 2 aromatic carbocycles. The average Bonchev–Trinajstić information content (AvgIpc) is 2.53. The minimum Gasteiger partial charge on any atom is -0.103 e. The standard InChI is InChI=1S/C21H26/c1-4-21(2,3)17-20(19-13-9-6-10-14-19)16-15-18-11-7-5-8-12-18/h4-14,20H,1,15-17H2,2-3H3. The van der Waals surface area contributed by atoms with Gasteiger partial charge in [-0.05, 0) is 41.7 Å². The van der Waals surface area contributed by atoms with Crippen LogP contribution in [0.3, 0.4) is 0 Å². The first kappa shape index (κ1) is 15.6. The Kier molecular flexibility index (Phi) is 5.38. The Balaban J connectivity index is 2.10. The highest BCUT2D eigenvalue weighted by Crippen LogP contribution is 2.35. The van der Waals surface area contributed by atoms with E-state index in [4.69, 9.17) is 0 Å². The van der Waals surface area contributed by atoms with E-state index in [0.717, 1.165) is 12.8 Å². The molecule has 0 radical (unpaired) electrons. The van der Waals surface area contributed by atoms with Crippen molar-refractivity contribution in [3.8, 4) is 0 Å². The van der Waals surface area contributed by atoms with Crippen LogP contribution in [0.25, 0.3) is 0 Å². The maximum Gasteiger partial charge on any atom is -0.0151 e. The predicted octanol–water partition coefficient (Wildman–Crippen LogP) is 6.01. The summed E-state index contributed by atoms with van der Waals surface area (Å²) >= 11 is 0. The lowest BCUT2D eigenvalue weighted by Crippen LogP contribution is -2.14. The summed E-state index contributed by atoms with van der Waals surface area (Å²) in [5.74, 6) is 0.583. The Hall–Kier alpha value is -1.82. The van der Waals surface area contributed by atoms with Crippen molar-refractivity contribution < 1.29 is 0 Å². The molecular weight excluding hydrogens is 252 g/mol. The maximum atomic E-state index is 4.00. The summed E-state index contributed by atoms with van der Waals surface area (Å²) < 4.78 is 0. The van der Waals surface area contributed by atoms with Crippen LogP contribution in [0.1, 0.15) is 43.7 Å². The number of hydrogen-bond acceptors (Lipinski definition) is 0. The monoisotopic (exact) mass is 278 g/mol. The van der Waals surface area contributed by atoms with Crippen LogP contribution in [0.15, 0.2) is 73.3 Å². The zero-order valence-corrected chi connectivity index (χ0v) is 13.3. The summed E-state index contributed by atoms with van der Waals surface area (Å²) in [6.45, 7) is 8.55. The first-order valence-corrected chi connectivity index (χ1v) is 7.83. The van der Waals surface area contributed by atoms with Gasteiger partial charge in [-0.3, -0.25) is 0 Å². The number of aryl methyl sites for hydroxylation is 1. The van der Waals surface area contributed by atoms with Crippen molar-refractivity contribution in [2.75, 3.05) is 0 Å². The molecule has 0 saturated heterocycles. The summed E-state index contributed by atoms with van der Waals surface area (Å²) in [7, 11) is 0. The van der Waals surface area contributed by atoms with E-state index >= 15 is 0 Å². The van der Waals surface area contributed by atoms with Crippen LogP contribution >= 0.6 is 0 Å². The molecule has 0 amide bonds. The molecule has 0 nitrogen and oxygen atoms in total. The molecular formula is C21H26. The Bertz CT molecular complexity index is 537. The van der Waals surface area contributed by atoms with Gasteiger partial charge in [-0.25, -0.2) is 0 Å². The molecule has 1 atom stereocenters. The molecule has 2 rings (SSSR count). The van der Waals surface area contributed by atoms with Crippen LogP contribution in [0.2, 0.25) is 0 Å². The van der Waals surface area contributed by atoms with Crippen molar-refractivity contribution in [2.45, 2.75) is 39.0 Å². The lowest BCUT2D eigenvalue weighted by Gasteiger charge is -2.27. The van der Waals surface area contributed by atoms with Gasteiger partial charge in [0.2, 0.25) is 0 Å². The minimum atomic E-state index is 0.178. The molecule has 0 aliphatic rings. The lowest BCUT2D eigenvalue weighted by atomic mass is 9.78. The van der Waals surface area contributed by atoms with Gasteiger partial charge in [0.05, 0.1) is 0 Å². The molecule has 0 heterocycles. The zero-order valence-electron chi connectivity index (χ0n) is 13.3. The largest absolute Gasteiger partial charge is 0.103 e. The molecule has 1 unspecified atom stereocenters. The highest BCUT2D eigenvalue weighted by molar-refractivity contribution is 5.22. The molecule has 21 heavy (non-hydrogen) atoms. The third kappa shape index (κ3) is 4.90. The van der Waals surface area contributed by atoms with Crippen molar-refractivity contribution in [3.05, 3.63) is 84.4 Å². The highest BCUT2D eigenvalue weighted by Gasteiger charge is 2.21. The first-order chi connectivity index (χ1) is 10.1. The Morgan fingerprint density at radius 1 is 0.952 bits per heavy atom. The van der Waals surface area contributed by atoms with Crippen LogP contribution in [0, 0.1) is 5.41 Å². The van der Waals surface area contributed by atoms with E-state index < -0.39 is 0 Å². The number of allylic oxidation sites excluding steroid dienone is 1. The van der Waals surface area contributed by atoms with Gasteiger partial charge in [0, 0.05) is 0 Å². The zero-order chi connectivity index (χ0) is 15.1. The van der Waals surface area contributed by atoms with Gasteiger partial charge < -0.3 is 0 Å². The Morgan fingerprint density at radius 3 is 2.10 bits per heavy atom. The molecule has 0 saturated carbocycles. The molecule has 0 aliphatic heterocycles. The van der Waals surface area contributed by atoms with E-state index in [1.54, 1.807) is 0 Å². The second kappa shape index (κ2) is 7.26. The molecule has 110 valence electrons. The number of benzene rings is 2. The van der Waals surface area contributed by atoms with E-state index in [1.165, 1.54) is 17.5 Å². The third-order valence-electron chi connectivity index (χ3n) is 4.22. The summed E-state index contributed by atoms with van der Waals surface area (Å²) in [5, 5.41) is 0. The Morgan fingerprint density at radius 2 is 1.52 bits per heavy atom. The predicted molar refractivity (Wildman–Crippen MR) is 92.5 cm³/mol. The van der Waals surface area contributed by atoms with Crippen molar-refractivity contribution in [3.63, 3.8) is 0 Å². The van der Waals surface area contributed by atoms with Crippen LogP contribution in [0.5, 0.6) is 0 Å². The van der Waals surface area contributed by atoms with E-state index in [0.29, 0.717) is 5.92 Å². The molecule has 0 aliphatic carbocycles. The Labute approximate surface area is 129 Å². The normalized spacial score (nSPS) is 12.9. The summed E-state index contributed by atoms with van der Waals surface area (Å²) in [5.41, 5.74) is 3.05. The first-order valence-electron chi connectivity index (χ1n) is 7.83. The van der Waals surface area contributed by atoms with Gasteiger partial charge in [-0.15, -0.1) is 6.58 Å². The third-order valence-corrected chi connectivity index (χ3v) is 4.22. The van der Waals surface area contributed by atoms with E-state index in [1.807, 2.05) is 0 Å². The van der Waals surface area contributed by atoms with Crippen molar-refractivity contribution >= 4 is 0 Å². The van der Waals surface area contributed by atoms with Crippen LogP contribution in [-0.4, -0.2) is 0 Å². The fourth-order valence-electron chi connectivity index (χ4n) is 2.82. The minimum absolute atomic E-state index is 0.178. The van der Waals surface area contributed by atoms with E-state index in [2.05, 4.69) is 87.2 Å². The lowest BCUT2D eigenvalue weighted by molar-refractivity contribution is 0.377. The average molecular weight is 278 g/mol. The summed E-state index contributed by atoms with van der Waals surface area (Å²) in [4.78, 5) is 0. The fourth-order valence-corrected chi connectivity index (χ4v) is 2.82. The fraction of sp³-hybridized carbons (Fsp3) is 0.333.